The number of phenols is 1. The van der Waals surface area contributed by atoms with Gasteiger partial charge in [0.25, 0.3) is 0 Å². The van der Waals surface area contributed by atoms with Crippen LogP contribution in [0.5, 0.6) is 5.75 Å². The van der Waals surface area contributed by atoms with Gasteiger partial charge in [-0.3, -0.25) is 19.5 Å². The van der Waals surface area contributed by atoms with E-state index in [4.69, 9.17) is 20.0 Å². The van der Waals surface area contributed by atoms with E-state index in [1.807, 2.05) is 32.2 Å². The Morgan fingerprint density at radius 1 is 0.604 bits per heavy atom. The Labute approximate surface area is 311 Å². The molecule has 0 fully saturated rings. The molecule has 1 N–H and O–H groups in total. The van der Waals surface area contributed by atoms with E-state index in [-0.39, 0.29) is 16.6 Å². The fourth-order valence-electron chi connectivity index (χ4n) is 7.33. The Bertz CT molecular complexity index is 2670. The summed E-state index contributed by atoms with van der Waals surface area (Å²) >= 11 is 0. The first-order valence-electron chi connectivity index (χ1n) is 18.3. The number of nitrogens with zero attached hydrogens (tertiary/aromatic N) is 5. The molecule has 53 heavy (non-hydrogen) atoms. The van der Waals surface area contributed by atoms with Gasteiger partial charge >= 0.3 is 0 Å². The average Bonchev–Trinajstić information content (AvgIpc) is 3.66. The molecule has 5 aromatic carbocycles. The van der Waals surface area contributed by atoms with Crippen molar-refractivity contribution in [1.29, 1.82) is 0 Å². The lowest BCUT2D eigenvalue weighted by Gasteiger charge is -2.27. The van der Waals surface area contributed by atoms with E-state index in [2.05, 4.69) is 149 Å². The summed E-state index contributed by atoms with van der Waals surface area (Å²) in [6, 6.07) is 40.0. The molecule has 0 spiro atoms. The van der Waals surface area contributed by atoms with E-state index in [0.717, 1.165) is 72.1 Å². The Morgan fingerprint density at radius 3 is 2.02 bits per heavy atom. The van der Waals surface area contributed by atoms with E-state index in [9.17, 15) is 5.11 Å². The van der Waals surface area contributed by atoms with Crippen LogP contribution in [-0.2, 0) is 10.8 Å². The maximum atomic E-state index is 12.2. The van der Waals surface area contributed by atoms with Crippen molar-refractivity contribution in [3.63, 3.8) is 0 Å². The van der Waals surface area contributed by atoms with E-state index < -0.39 is 5.66 Å². The average molecular weight is 696 g/mol. The van der Waals surface area contributed by atoms with Gasteiger partial charge in [0, 0.05) is 22.3 Å². The number of hydrogen-bond acceptors (Lipinski definition) is 5. The maximum Gasteiger partial charge on any atom is 0.149 e. The van der Waals surface area contributed by atoms with Crippen LogP contribution in [0, 0.1) is 0 Å². The van der Waals surface area contributed by atoms with Gasteiger partial charge in [-0.05, 0) is 71.7 Å². The third kappa shape index (κ3) is 6.22. The molecule has 0 unspecified atom stereocenters. The Morgan fingerprint density at radius 2 is 1.26 bits per heavy atom. The zero-order valence-corrected chi connectivity index (χ0v) is 31.7. The van der Waals surface area contributed by atoms with Gasteiger partial charge in [0.05, 0.1) is 39.5 Å². The number of phenolic OH excluding ortho intramolecular Hbond substituents is 1. The van der Waals surface area contributed by atoms with Crippen LogP contribution >= 0.6 is 0 Å². The maximum absolute atomic E-state index is 12.2. The molecule has 7 aromatic rings. The molecule has 0 atom stereocenters. The molecule has 8 rings (SSSR count). The highest BCUT2D eigenvalue weighted by atomic mass is 16.3. The summed E-state index contributed by atoms with van der Waals surface area (Å²) < 4.78 is 2.23. The van der Waals surface area contributed by atoms with E-state index in [1.165, 1.54) is 0 Å². The zero-order valence-electron chi connectivity index (χ0n) is 31.7. The number of benzene rings is 5. The molecule has 1 aliphatic heterocycles. The zero-order chi connectivity index (χ0) is 37.3. The number of hydrogen-bond donors (Lipinski definition) is 1. The third-order valence-corrected chi connectivity index (χ3v) is 10.1. The number of aromatic nitrogens is 3. The first kappa shape index (κ1) is 34.2. The Hall–Kier alpha value is -5.88. The summed E-state index contributed by atoms with van der Waals surface area (Å²) in [6.45, 7) is 17.1. The molecule has 0 aliphatic carbocycles. The minimum atomic E-state index is -0.482. The molecule has 264 valence electrons. The van der Waals surface area contributed by atoms with Gasteiger partial charge in [0.15, 0.2) is 0 Å². The van der Waals surface area contributed by atoms with Crippen LogP contribution in [0.4, 0.5) is 0 Å². The Balaban J connectivity index is 1.41. The predicted octanol–water partition coefficient (Wildman–Crippen LogP) is 10.4. The van der Waals surface area contributed by atoms with Gasteiger partial charge in [-0.1, -0.05) is 126 Å². The fourth-order valence-corrected chi connectivity index (χ4v) is 7.33. The molecule has 1 aliphatic rings. The lowest BCUT2D eigenvalue weighted by molar-refractivity contribution is 0.446. The van der Waals surface area contributed by atoms with Crippen molar-refractivity contribution in [3.05, 3.63) is 143 Å². The minimum absolute atomic E-state index is 0.157. The summed E-state index contributed by atoms with van der Waals surface area (Å²) in [5.41, 5.74) is 10.6. The summed E-state index contributed by atoms with van der Waals surface area (Å²) in [5.74, 6) is 0.945. The number of aromatic hydroxyl groups is 1. The molecule has 0 bridgehead atoms. The van der Waals surface area contributed by atoms with Gasteiger partial charge in [-0.2, -0.15) is 0 Å². The lowest BCUT2D eigenvalue weighted by Crippen LogP contribution is -2.22. The van der Waals surface area contributed by atoms with Crippen LogP contribution in [0.3, 0.4) is 0 Å². The molecule has 2 aromatic heterocycles. The van der Waals surface area contributed by atoms with Gasteiger partial charge in [0.2, 0.25) is 0 Å². The number of imidazole rings is 1. The van der Waals surface area contributed by atoms with E-state index in [0.29, 0.717) is 11.4 Å². The molecule has 0 amide bonds. The number of pyridine rings is 1. The third-order valence-electron chi connectivity index (χ3n) is 10.1. The molecular formula is C47H45N5O. The van der Waals surface area contributed by atoms with Crippen molar-refractivity contribution in [2.24, 2.45) is 9.98 Å². The second-order valence-corrected chi connectivity index (χ2v) is 16.6. The normalized spacial score (nSPS) is 13.8. The SMILES string of the molecule is CC1(C)N=c2cnc(-c3cccc(-c4cccc5c4nc(-c4cc(C(C)(C)C)cc(C(C)(C)C)c4O)n5-c4ccccc4-c4ccccc4)c3)cc2=N1. The van der Waals surface area contributed by atoms with Crippen molar-refractivity contribution in [1.82, 2.24) is 14.5 Å². The van der Waals surface area contributed by atoms with Crippen molar-refractivity contribution in [3.8, 4) is 56.3 Å². The van der Waals surface area contributed by atoms with Crippen molar-refractivity contribution in [2.45, 2.75) is 71.9 Å². The van der Waals surface area contributed by atoms with Crippen molar-refractivity contribution in [2.75, 3.05) is 0 Å². The van der Waals surface area contributed by atoms with Gasteiger partial charge < -0.3 is 5.11 Å². The van der Waals surface area contributed by atoms with Gasteiger partial charge in [-0.25, -0.2) is 4.98 Å². The number of rotatable bonds is 5. The lowest BCUT2D eigenvalue weighted by atomic mass is 9.79. The molecule has 0 saturated heterocycles. The Kier molecular flexibility index (Phi) is 7.99. The second-order valence-electron chi connectivity index (χ2n) is 16.6. The molecule has 6 nitrogen and oxygen atoms in total. The van der Waals surface area contributed by atoms with Crippen LogP contribution in [0.25, 0.3) is 61.6 Å². The van der Waals surface area contributed by atoms with E-state index >= 15 is 0 Å². The highest BCUT2D eigenvalue weighted by Crippen LogP contribution is 2.45. The summed E-state index contributed by atoms with van der Waals surface area (Å²) in [5, 5.41) is 13.9. The molecule has 3 heterocycles. The van der Waals surface area contributed by atoms with Crippen molar-refractivity contribution < 1.29 is 5.11 Å². The predicted molar refractivity (Wildman–Crippen MR) is 216 cm³/mol. The number of para-hydroxylation sites is 2. The first-order valence-corrected chi connectivity index (χ1v) is 18.3. The molecule has 0 saturated carbocycles. The van der Waals surface area contributed by atoms with Crippen LogP contribution < -0.4 is 10.7 Å². The molecule has 0 radical (unpaired) electrons. The monoisotopic (exact) mass is 695 g/mol. The number of fused-ring (bicyclic) bond motifs is 2. The van der Waals surface area contributed by atoms with Crippen LogP contribution in [-0.4, -0.2) is 25.3 Å². The standard InChI is InChI=1S/C47H45N5O/c1-45(2,3)32-25-35(43(53)36(26-32)46(4,5)6)44-49-42-34(30-18-14-19-31(24-30)37-27-38-39(28-48-37)51-47(7,8)50-38)21-15-23-41(42)52(44)40-22-13-12-20-33(40)29-16-10-9-11-17-29/h9-28,53H,1-8H3. The van der Waals surface area contributed by atoms with Gasteiger partial charge in [0.1, 0.15) is 22.6 Å². The summed E-state index contributed by atoms with van der Waals surface area (Å²) in [6.07, 6.45) is 1.82. The smallest absolute Gasteiger partial charge is 0.149 e. The first-order chi connectivity index (χ1) is 25.2. The molecular weight excluding hydrogens is 651 g/mol. The highest BCUT2D eigenvalue weighted by Gasteiger charge is 2.29. The minimum Gasteiger partial charge on any atom is -0.507 e. The largest absolute Gasteiger partial charge is 0.507 e. The molecule has 6 heteroatoms. The topological polar surface area (TPSA) is 75.7 Å². The van der Waals surface area contributed by atoms with Gasteiger partial charge in [-0.15, -0.1) is 0 Å². The van der Waals surface area contributed by atoms with E-state index in [1.54, 1.807) is 0 Å². The van der Waals surface area contributed by atoms with Crippen LogP contribution in [0.1, 0.15) is 66.5 Å². The fraction of sp³-hybridized carbons (Fsp3) is 0.234. The van der Waals surface area contributed by atoms with Crippen LogP contribution in [0.15, 0.2) is 131 Å². The van der Waals surface area contributed by atoms with Crippen molar-refractivity contribution >= 4 is 11.0 Å². The summed E-state index contributed by atoms with van der Waals surface area (Å²) in [7, 11) is 0. The second kappa shape index (κ2) is 12.4. The quantitative estimate of drug-likeness (QED) is 0.195. The van der Waals surface area contributed by atoms with Crippen LogP contribution in [0.2, 0.25) is 0 Å². The highest BCUT2D eigenvalue weighted by molar-refractivity contribution is 5.97. The summed E-state index contributed by atoms with van der Waals surface area (Å²) in [4.78, 5) is 19.8.